The van der Waals surface area contributed by atoms with E-state index in [1.807, 2.05) is 0 Å². The average Bonchev–Trinajstić information content (AvgIpc) is 2.84. The molecular weight excluding hydrogens is 278 g/mol. The highest BCUT2D eigenvalue weighted by molar-refractivity contribution is 5.23. The van der Waals surface area contributed by atoms with E-state index in [0.717, 1.165) is 12.3 Å². The Labute approximate surface area is 133 Å². The predicted octanol–water partition coefficient (Wildman–Crippen LogP) is 6.57. The van der Waals surface area contributed by atoms with E-state index in [-0.39, 0.29) is 11.3 Å². The zero-order valence-electron chi connectivity index (χ0n) is 14.1. The van der Waals surface area contributed by atoms with Crippen LogP contribution in [-0.4, -0.2) is 0 Å². The number of halogens is 2. The molecular formula is C20H30F2. The highest BCUT2D eigenvalue weighted by atomic mass is 19.3. The maximum atomic E-state index is 13.5. The van der Waals surface area contributed by atoms with Crippen molar-refractivity contribution in [2.45, 2.75) is 78.1 Å². The van der Waals surface area contributed by atoms with Crippen LogP contribution in [0.15, 0.2) is 11.7 Å². The van der Waals surface area contributed by atoms with E-state index in [1.165, 1.54) is 51.4 Å². The van der Waals surface area contributed by atoms with E-state index >= 15 is 0 Å². The number of rotatable bonds is 0. The van der Waals surface area contributed by atoms with Crippen LogP contribution in [0.4, 0.5) is 8.78 Å². The Balaban J connectivity index is 1.71. The van der Waals surface area contributed by atoms with Gasteiger partial charge in [-0.2, -0.15) is 8.78 Å². The summed E-state index contributed by atoms with van der Waals surface area (Å²) in [4.78, 5) is 0. The first-order chi connectivity index (χ1) is 10.5. The maximum Gasteiger partial charge on any atom is 0.269 e. The van der Waals surface area contributed by atoms with Crippen molar-refractivity contribution in [1.82, 2.24) is 0 Å². The van der Waals surface area contributed by atoms with Gasteiger partial charge in [0.2, 0.25) is 0 Å². The topological polar surface area (TPSA) is 0 Å². The molecule has 0 aromatic carbocycles. The van der Waals surface area contributed by atoms with Crippen LogP contribution < -0.4 is 0 Å². The van der Waals surface area contributed by atoms with Gasteiger partial charge in [0.05, 0.1) is 0 Å². The van der Waals surface area contributed by atoms with Crippen LogP contribution in [0.2, 0.25) is 0 Å². The van der Waals surface area contributed by atoms with E-state index in [2.05, 4.69) is 13.8 Å². The molecule has 0 nitrogen and oxygen atoms in total. The summed E-state index contributed by atoms with van der Waals surface area (Å²) in [6.45, 7) is 4.82. The van der Waals surface area contributed by atoms with Gasteiger partial charge in [0.15, 0.2) is 0 Å². The van der Waals surface area contributed by atoms with Crippen molar-refractivity contribution >= 4 is 0 Å². The quantitative estimate of drug-likeness (QED) is 0.475. The van der Waals surface area contributed by atoms with Crippen molar-refractivity contribution in [1.29, 1.82) is 0 Å². The van der Waals surface area contributed by atoms with Gasteiger partial charge in [-0.15, -0.1) is 0 Å². The van der Waals surface area contributed by atoms with Gasteiger partial charge < -0.3 is 0 Å². The van der Waals surface area contributed by atoms with Gasteiger partial charge in [-0.3, -0.25) is 0 Å². The summed E-state index contributed by atoms with van der Waals surface area (Å²) >= 11 is 0. The molecule has 124 valence electrons. The lowest BCUT2D eigenvalue weighted by molar-refractivity contribution is -0.0963. The first kappa shape index (κ1) is 15.1. The summed E-state index contributed by atoms with van der Waals surface area (Å²) in [5.41, 5.74) is 1.16. The standard InChI is InChI=1S/C20H30F2/c1-19-11-8-15(18(21)22)17(19)14-7-6-13-5-3-4-10-20(13,2)16(14)9-12-19/h13-14,16-17H,3-12H2,1-2H3/t13-,14-,16+,17-,19+,20+/m1/s1. The molecule has 0 radical (unpaired) electrons. The highest BCUT2D eigenvalue weighted by Gasteiger charge is 2.59. The SMILES string of the molecule is C[C@@]12CCC(=C(F)F)[C@H]1[C@@H]1CC[C@H]3CCCC[C@]3(C)[C@H]1CC2. The van der Waals surface area contributed by atoms with Gasteiger partial charge in [-0.1, -0.05) is 26.7 Å². The Kier molecular flexibility index (Phi) is 3.47. The van der Waals surface area contributed by atoms with E-state index in [0.29, 0.717) is 29.2 Å². The van der Waals surface area contributed by atoms with E-state index in [4.69, 9.17) is 0 Å². The molecule has 0 amide bonds. The molecule has 4 aliphatic rings. The molecule has 4 fully saturated rings. The number of fused-ring (bicyclic) bond motifs is 5. The Morgan fingerprint density at radius 2 is 1.77 bits per heavy atom. The third kappa shape index (κ3) is 1.97. The maximum absolute atomic E-state index is 13.5. The average molecular weight is 308 g/mol. The fraction of sp³-hybridized carbons (Fsp3) is 0.900. The minimum Gasteiger partial charge on any atom is -0.173 e. The summed E-state index contributed by atoms with van der Waals surface area (Å²) in [6.07, 6.45) is 10.8. The van der Waals surface area contributed by atoms with E-state index in [1.54, 1.807) is 0 Å². The van der Waals surface area contributed by atoms with Crippen LogP contribution in [0.5, 0.6) is 0 Å². The molecule has 0 aliphatic heterocycles. The first-order valence-electron chi connectivity index (χ1n) is 9.50. The minimum absolute atomic E-state index is 0.164. The Morgan fingerprint density at radius 1 is 0.955 bits per heavy atom. The second kappa shape index (κ2) is 5.05. The second-order valence-electron chi connectivity index (χ2n) is 9.25. The smallest absolute Gasteiger partial charge is 0.173 e. The van der Waals surface area contributed by atoms with Crippen LogP contribution >= 0.6 is 0 Å². The second-order valence-corrected chi connectivity index (χ2v) is 9.25. The molecule has 4 aliphatic carbocycles. The summed E-state index contributed by atoms with van der Waals surface area (Å²) in [7, 11) is 0. The molecule has 4 rings (SSSR count). The van der Waals surface area contributed by atoms with Gasteiger partial charge in [0.25, 0.3) is 6.08 Å². The van der Waals surface area contributed by atoms with E-state index < -0.39 is 6.08 Å². The van der Waals surface area contributed by atoms with E-state index in [9.17, 15) is 8.78 Å². The molecule has 0 unspecified atom stereocenters. The lowest BCUT2D eigenvalue weighted by Crippen LogP contribution is -2.52. The summed E-state index contributed by atoms with van der Waals surface area (Å²) in [5.74, 6) is 2.31. The normalized spacial score (nSPS) is 51.0. The Morgan fingerprint density at radius 3 is 2.55 bits per heavy atom. The molecule has 4 saturated carbocycles. The molecule has 0 N–H and O–H groups in total. The van der Waals surface area contributed by atoms with Crippen LogP contribution in [-0.2, 0) is 0 Å². The van der Waals surface area contributed by atoms with Crippen molar-refractivity contribution in [3.8, 4) is 0 Å². The fourth-order valence-corrected chi connectivity index (χ4v) is 7.32. The molecule has 0 bridgehead atoms. The molecule has 6 atom stereocenters. The van der Waals surface area contributed by atoms with Gasteiger partial charge in [-0.05, 0) is 91.4 Å². The number of hydrogen-bond donors (Lipinski definition) is 0. The molecule has 0 aromatic heterocycles. The number of allylic oxidation sites excluding steroid dienone is 1. The van der Waals surface area contributed by atoms with Crippen LogP contribution in [0.3, 0.4) is 0 Å². The summed E-state index contributed by atoms with van der Waals surface area (Å²) < 4.78 is 27.1. The minimum atomic E-state index is -1.34. The summed E-state index contributed by atoms with van der Waals surface area (Å²) in [5, 5.41) is 0. The predicted molar refractivity (Wildman–Crippen MR) is 85.6 cm³/mol. The third-order valence-corrected chi connectivity index (χ3v) is 8.45. The third-order valence-electron chi connectivity index (χ3n) is 8.45. The molecule has 0 saturated heterocycles. The Bertz CT molecular complexity index is 492. The number of hydrogen-bond acceptors (Lipinski definition) is 0. The van der Waals surface area contributed by atoms with Crippen molar-refractivity contribution < 1.29 is 8.78 Å². The monoisotopic (exact) mass is 308 g/mol. The van der Waals surface area contributed by atoms with Crippen LogP contribution in [0.1, 0.15) is 78.1 Å². The van der Waals surface area contributed by atoms with Gasteiger partial charge >= 0.3 is 0 Å². The van der Waals surface area contributed by atoms with Crippen molar-refractivity contribution in [3.05, 3.63) is 11.7 Å². The molecule has 0 spiro atoms. The fourth-order valence-electron chi connectivity index (χ4n) is 7.32. The summed E-state index contributed by atoms with van der Waals surface area (Å²) in [6, 6.07) is 0. The molecule has 22 heavy (non-hydrogen) atoms. The lowest BCUT2D eigenvalue weighted by Gasteiger charge is -2.60. The van der Waals surface area contributed by atoms with Crippen LogP contribution in [0, 0.1) is 34.5 Å². The zero-order chi connectivity index (χ0) is 15.5. The Hall–Kier alpha value is -0.400. The van der Waals surface area contributed by atoms with Gasteiger partial charge in [-0.25, -0.2) is 0 Å². The highest BCUT2D eigenvalue weighted by Crippen LogP contribution is 2.67. The van der Waals surface area contributed by atoms with Crippen molar-refractivity contribution in [2.75, 3.05) is 0 Å². The van der Waals surface area contributed by atoms with Crippen molar-refractivity contribution in [2.24, 2.45) is 34.5 Å². The zero-order valence-corrected chi connectivity index (χ0v) is 14.1. The molecule has 0 heterocycles. The lowest BCUT2D eigenvalue weighted by atomic mass is 9.45. The molecule has 2 heteroatoms. The largest absolute Gasteiger partial charge is 0.269 e. The van der Waals surface area contributed by atoms with Gasteiger partial charge in [0, 0.05) is 0 Å². The van der Waals surface area contributed by atoms with Gasteiger partial charge in [0.1, 0.15) is 0 Å². The molecule has 0 aromatic rings. The van der Waals surface area contributed by atoms with Crippen molar-refractivity contribution in [3.63, 3.8) is 0 Å². The first-order valence-corrected chi connectivity index (χ1v) is 9.50. The van der Waals surface area contributed by atoms with Crippen LogP contribution in [0.25, 0.3) is 0 Å².